The quantitative estimate of drug-likeness (QED) is 0.807. The molecule has 0 aromatic heterocycles. The zero-order valence-corrected chi connectivity index (χ0v) is 9.33. The van der Waals surface area contributed by atoms with Crippen molar-refractivity contribution in [3.63, 3.8) is 0 Å². The van der Waals surface area contributed by atoms with Gasteiger partial charge in [0.1, 0.15) is 5.75 Å². The van der Waals surface area contributed by atoms with E-state index in [1.807, 2.05) is 6.07 Å². The highest BCUT2D eigenvalue weighted by Gasteiger charge is 2.39. The van der Waals surface area contributed by atoms with Crippen LogP contribution in [0.4, 0.5) is 8.78 Å². The van der Waals surface area contributed by atoms with Crippen LogP contribution in [0.5, 0.6) is 5.75 Å². The minimum Gasteiger partial charge on any atom is -0.493 e. The van der Waals surface area contributed by atoms with Crippen molar-refractivity contribution >= 4 is 0 Å². The number of alkyl halides is 2. The Bertz CT molecular complexity index is 422. The van der Waals surface area contributed by atoms with Gasteiger partial charge in [0.2, 0.25) is 5.92 Å². The molecule has 2 nitrogen and oxygen atoms in total. The third-order valence-electron chi connectivity index (χ3n) is 2.97. The summed E-state index contributed by atoms with van der Waals surface area (Å²) in [5.41, 5.74) is 0.560. The molecule has 0 radical (unpaired) electrons. The van der Waals surface area contributed by atoms with E-state index in [-0.39, 0.29) is 18.8 Å². The van der Waals surface area contributed by atoms with Gasteiger partial charge >= 0.3 is 0 Å². The number of rotatable bonds is 3. The van der Waals surface area contributed by atoms with Crippen molar-refractivity contribution < 1.29 is 13.5 Å². The van der Waals surface area contributed by atoms with E-state index >= 15 is 0 Å². The maximum absolute atomic E-state index is 12.9. The fourth-order valence-corrected chi connectivity index (χ4v) is 2.02. The van der Waals surface area contributed by atoms with Crippen LogP contribution in [0.15, 0.2) is 24.3 Å². The van der Waals surface area contributed by atoms with Crippen molar-refractivity contribution in [2.24, 2.45) is 5.92 Å². The van der Waals surface area contributed by atoms with E-state index in [1.54, 1.807) is 24.3 Å². The SMILES string of the molecule is N#Cc1ccc(OCC2CCC(F)(F)C2)cc1. The molecule has 0 spiro atoms. The molecule has 0 amide bonds. The predicted molar refractivity (Wildman–Crippen MR) is 58.9 cm³/mol. The number of nitriles is 1. The topological polar surface area (TPSA) is 33.0 Å². The molecule has 2 rings (SSSR count). The standard InChI is InChI=1S/C13H13F2NO/c14-13(15)6-5-11(7-13)9-17-12-3-1-10(8-16)2-4-12/h1-4,11H,5-7,9H2. The predicted octanol–water partition coefficient (Wildman–Crippen LogP) is 3.37. The van der Waals surface area contributed by atoms with Crippen molar-refractivity contribution in [3.05, 3.63) is 29.8 Å². The van der Waals surface area contributed by atoms with E-state index in [9.17, 15) is 8.78 Å². The fourth-order valence-electron chi connectivity index (χ4n) is 2.02. The summed E-state index contributed by atoms with van der Waals surface area (Å²) >= 11 is 0. The Balaban J connectivity index is 1.84. The van der Waals surface area contributed by atoms with Crippen LogP contribution in [0.25, 0.3) is 0 Å². The number of hydrogen-bond acceptors (Lipinski definition) is 2. The van der Waals surface area contributed by atoms with Crippen molar-refractivity contribution in [2.45, 2.75) is 25.2 Å². The van der Waals surface area contributed by atoms with Crippen LogP contribution in [-0.4, -0.2) is 12.5 Å². The Kier molecular flexibility index (Phi) is 3.28. The molecule has 1 fully saturated rings. The van der Waals surface area contributed by atoms with Crippen molar-refractivity contribution in [2.75, 3.05) is 6.61 Å². The molecule has 0 saturated heterocycles. The molecule has 17 heavy (non-hydrogen) atoms. The van der Waals surface area contributed by atoms with E-state index in [1.165, 1.54) is 0 Å². The first-order valence-electron chi connectivity index (χ1n) is 5.60. The molecule has 0 aliphatic heterocycles. The first kappa shape index (κ1) is 11.8. The maximum atomic E-state index is 12.9. The number of benzene rings is 1. The Morgan fingerprint density at radius 3 is 2.59 bits per heavy atom. The van der Waals surface area contributed by atoms with Gasteiger partial charge in [-0.25, -0.2) is 8.78 Å². The summed E-state index contributed by atoms with van der Waals surface area (Å²) in [6.45, 7) is 0.321. The third-order valence-corrected chi connectivity index (χ3v) is 2.97. The maximum Gasteiger partial charge on any atom is 0.248 e. The second-order valence-corrected chi connectivity index (χ2v) is 4.41. The second-order valence-electron chi connectivity index (χ2n) is 4.41. The first-order valence-corrected chi connectivity index (χ1v) is 5.60. The Morgan fingerprint density at radius 1 is 1.35 bits per heavy atom. The molecular formula is C13H13F2NO. The molecule has 1 aliphatic carbocycles. The van der Waals surface area contributed by atoms with Gasteiger partial charge in [-0.15, -0.1) is 0 Å². The van der Waals surface area contributed by atoms with Crippen molar-refractivity contribution in [3.8, 4) is 11.8 Å². The Hall–Kier alpha value is -1.63. The summed E-state index contributed by atoms with van der Waals surface area (Å²) in [6, 6.07) is 8.68. The lowest BCUT2D eigenvalue weighted by Crippen LogP contribution is -2.13. The highest BCUT2D eigenvalue weighted by atomic mass is 19.3. The zero-order chi connectivity index (χ0) is 12.3. The van der Waals surface area contributed by atoms with Gasteiger partial charge in [0.15, 0.2) is 0 Å². The molecular weight excluding hydrogens is 224 g/mol. The molecule has 1 aromatic carbocycles. The van der Waals surface area contributed by atoms with Gasteiger partial charge in [-0.1, -0.05) is 0 Å². The summed E-state index contributed by atoms with van der Waals surface area (Å²) in [5.74, 6) is -1.96. The van der Waals surface area contributed by atoms with Gasteiger partial charge in [0, 0.05) is 12.8 Å². The number of hydrogen-bond donors (Lipinski definition) is 0. The average Bonchev–Trinajstić information content (AvgIpc) is 2.67. The monoisotopic (exact) mass is 237 g/mol. The van der Waals surface area contributed by atoms with Gasteiger partial charge < -0.3 is 4.74 Å². The van der Waals surface area contributed by atoms with Crippen LogP contribution in [0.1, 0.15) is 24.8 Å². The number of ether oxygens (including phenoxy) is 1. The Morgan fingerprint density at radius 2 is 2.06 bits per heavy atom. The van der Waals surface area contributed by atoms with Crippen molar-refractivity contribution in [1.82, 2.24) is 0 Å². The largest absolute Gasteiger partial charge is 0.493 e. The van der Waals surface area contributed by atoms with Gasteiger partial charge in [-0.05, 0) is 36.6 Å². The second kappa shape index (κ2) is 4.70. The van der Waals surface area contributed by atoms with Crippen LogP contribution in [0.3, 0.4) is 0 Å². The number of halogens is 2. The van der Waals surface area contributed by atoms with E-state index in [2.05, 4.69) is 0 Å². The smallest absolute Gasteiger partial charge is 0.248 e. The molecule has 1 aromatic rings. The summed E-state index contributed by atoms with van der Waals surface area (Å²) in [4.78, 5) is 0. The van der Waals surface area contributed by atoms with Gasteiger partial charge in [0.05, 0.1) is 18.2 Å². The van der Waals surface area contributed by atoms with Gasteiger partial charge in [-0.3, -0.25) is 0 Å². The summed E-state index contributed by atoms with van der Waals surface area (Å²) in [5, 5.41) is 8.61. The molecule has 1 saturated carbocycles. The van der Waals surface area contributed by atoms with Crippen LogP contribution < -0.4 is 4.74 Å². The summed E-state index contributed by atoms with van der Waals surface area (Å²) < 4.78 is 31.3. The van der Waals surface area contributed by atoms with Gasteiger partial charge in [0.25, 0.3) is 0 Å². The van der Waals surface area contributed by atoms with Crippen LogP contribution in [-0.2, 0) is 0 Å². The zero-order valence-electron chi connectivity index (χ0n) is 9.33. The minimum absolute atomic E-state index is 0.0333. The molecule has 0 heterocycles. The fraction of sp³-hybridized carbons (Fsp3) is 0.462. The van der Waals surface area contributed by atoms with Crippen LogP contribution in [0.2, 0.25) is 0 Å². The third kappa shape index (κ3) is 3.16. The van der Waals surface area contributed by atoms with E-state index in [4.69, 9.17) is 10.00 Å². The molecule has 1 atom stereocenters. The van der Waals surface area contributed by atoms with Crippen LogP contribution in [0, 0.1) is 17.2 Å². The van der Waals surface area contributed by atoms with E-state index < -0.39 is 5.92 Å². The van der Waals surface area contributed by atoms with Crippen molar-refractivity contribution in [1.29, 1.82) is 5.26 Å². The van der Waals surface area contributed by atoms with E-state index in [0.29, 0.717) is 24.3 Å². The summed E-state index contributed by atoms with van der Waals surface area (Å²) in [6.07, 6.45) is 0.404. The molecule has 1 aliphatic rings. The van der Waals surface area contributed by atoms with Gasteiger partial charge in [-0.2, -0.15) is 5.26 Å². The first-order chi connectivity index (χ1) is 8.09. The molecule has 0 N–H and O–H groups in total. The number of nitrogens with zero attached hydrogens (tertiary/aromatic N) is 1. The van der Waals surface area contributed by atoms with Crippen LogP contribution >= 0.6 is 0 Å². The molecule has 0 bridgehead atoms. The lowest BCUT2D eigenvalue weighted by atomic mass is 10.1. The molecule has 1 unspecified atom stereocenters. The summed E-state index contributed by atoms with van der Waals surface area (Å²) in [7, 11) is 0. The lowest BCUT2D eigenvalue weighted by molar-refractivity contribution is 0.00292. The molecule has 90 valence electrons. The lowest BCUT2D eigenvalue weighted by Gasteiger charge is -2.12. The minimum atomic E-state index is -2.52. The molecule has 4 heteroatoms. The highest BCUT2D eigenvalue weighted by Crippen LogP contribution is 2.38. The highest BCUT2D eigenvalue weighted by molar-refractivity contribution is 5.34. The average molecular weight is 237 g/mol. The van der Waals surface area contributed by atoms with E-state index in [0.717, 1.165) is 0 Å². The Labute approximate surface area is 98.8 Å². The normalized spacial score (nSPS) is 22.1.